The number of hydrogen-bond acceptors (Lipinski definition) is 8. The second-order valence-electron chi connectivity index (χ2n) is 28.0. The van der Waals surface area contributed by atoms with Gasteiger partial charge in [0, 0.05) is 95.3 Å². The van der Waals surface area contributed by atoms with Crippen molar-refractivity contribution < 1.29 is 0 Å². The number of aromatic nitrogens is 8. The molecule has 0 aliphatic heterocycles. The van der Waals surface area contributed by atoms with E-state index in [1.54, 1.807) is 0 Å². The zero-order chi connectivity index (χ0) is 74.0. The Morgan fingerprint density at radius 1 is 0.179 bits per heavy atom. The molecule has 0 bridgehead atoms. The Kier molecular flexibility index (Phi) is 16.4. The van der Waals surface area contributed by atoms with E-state index in [0.29, 0.717) is 34.9 Å². The highest BCUT2D eigenvalue weighted by Gasteiger charge is 2.25. The molecule has 0 unspecified atom stereocenters. The van der Waals surface area contributed by atoms with Crippen LogP contribution in [-0.2, 0) is 0 Å². The Labute approximate surface area is 653 Å². The van der Waals surface area contributed by atoms with Crippen molar-refractivity contribution in [1.82, 2.24) is 39.0 Å². The van der Waals surface area contributed by atoms with Crippen LogP contribution in [0.15, 0.2) is 388 Å². The van der Waals surface area contributed by atoms with Gasteiger partial charge in [-0.1, -0.05) is 322 Å². The largest absolute Gasteiger partial charge is 0.308 e. The molecule has 0 radical (unpaired) electrons. The van der Waals surface area contributed by atoms with E-state index in [1.165, 1.54) is 95.3 Å². The zero-order valence-electron chi connectivity index (χ0n) is 60.3. The summed E-state index contributed by atoms with van der Waals surface area (Å²) < 4.78 is 9.94. The van der Waals surface area contributed by atoms with Gasteiger partial charge in [0.15, 0.2) is 34.9 Å². The SMILES string of the molecule is c1ccc(-c2ccc(-c3nc(-c4ccccc4)nc(-c4ccccc4-n4c5ccccc5c5c6sc7ccc(-c8ccccc8)cc7c6ccc54)n3)cc2)cc1.c1ccc(-c2ccc(-c3nc(-c4ccccc4)nc(-c4ccccc4-n4c5ccccc5c5c6sc7cccc(-c8ccccc8)c7c6ccc54)n3)cc2)cc1. The van der Waals surface area contributed by atoms with Crippen LogP contribution >= 0.6 is 22.7 Å². The fourth-order valence-corrected chi connectivity index (χ4v) is 18.6. The quantitative estimate of drug-likeness (QED) is 0.121. The van der Waals surface area contributed by atoms with Crippen LogP contribution < -0.4 is 0 Å². The molecular weight excluding hydrogens is 1400 g/mol. The first-order chi connectivity index (χ1) is 55.5. The molecule has 6 heterocycles. The molecule has 16 aromatic carbocycles. The van der Waals surface area contributed by atoms with Gasteiger partial charge in [0.05, 0.1) is 33.4 Å². The van der Waals surface area contributed by atoms with Gasteiger partial charge in [-0.05, 0) is 111 Å². The van der Waals surface area contributed by atoms with E-state index in [9.17, 15) is 0 Å². The van der Waals surface area contributed by atoms with Crippen molar-refractivity contribution >= 4 is 107 Å². The fourth-order valence-electron chi connectivity index (χ4n) is 16.1. The predicted octanol–water partition coefficient (Wildman–Crippen LogP) is 27.3. The standard InChI is InChI=1S/2C51H32N4S/c1-4-15-33(16-5-1)34-27-29-37(30-28-34)50-52-49(36-19-8-3-9-20-36)53-51(54-50)40-22-11-13-25-43(40)55-42-24-12-10-21-39(42)47-44(55)32-31-41-46-38(35-17-6-2-7-18-35)23-14-26-45(46)56-48(41)47;1-4-14-33(15-5-1)35-24-26-37(27-25-35)50-52-49(36-18-8-3-9-19-36)53-51(54-50)41-21-11-13-23-44(41)55-43-22-12-10-20-40(43)47-45(55)30-29-39-42-32-38(34-16-6-2-7-17-34)28-31-46(42)56-48(39)47/h2*1-32H. The summed E-state index contributed by atoms with van der Waals surface area (Å²) in [6.07, 6.45) is 0. The molecule has 0 aliphatic rings. The van der Waals surface area contributed by atoms with E-state index in [0.717, 1.165) is 77.9 Å². The van der Waals surface area contributed by atoms with E-state index < -0.39 is 0 Å². The second-order valence-corrected chi connectivity index (χ2v) is 30.1. The van der Waals surface area contributed by atoms with Crippen molar-refractivity contribution in [2.45, 2.75) is 0 Å². The van der Waals surface area contributed by atoms with Gasteiger partial charge in [0.1, 0.15) is 0 Å². The number of rotatable bonds is 12. The van der Waals surface area contributed by atoms with Crippen LogP contribution in [0.5, 0.6) is 0 Å². The third-order valence-electron chi connectivity index (χ3n) is 21.4. The highest BCUT2D eigenvalue weighted by Crippen LogP contribution is 2.49. The van der Waals surface area contributed by atoms with Crippen LogP contribution in [0.25, 0.3) is 208 Å². The molecule has 0 saturated heterocycles. The molecule has 6 aromatic heterocycles. The summed E-state index contributed by atoms with van der Waals surface area (Å²) in [5.74, 6) is 3.78. The molecule has 0 N–H and O–H groups in total. The van der Waals surface area contributed by atoms with Gasteiger partial charge in [-0.3, -0.25) is 0 Å². The molecule has 8 nitrogen and oxygen atoms in total. The first-order valence-electron chi connectivity index (χ1n) is 37.6. The number of fused-ring (bicyclic) bond motifs is 14. The molecule has 0 spiro atoms. The Hall–Kier alpha value is -14.4. The predicted molar refractivity (Wildman–Crippen MR) is 468 cm³/mol. The maximum atomic E-state index is 5.22. The number of thiophene rings is 2. The summed E-state index contributed by atoms with van der Waals surface area (Å²) in [5, 5.41) is 10.1. The molecule has 0 saturated carbocycles. The van der Waals surface area contributed by atoms with Crippen LogP contribution in [0.1, 0.15) is 0 Å². The van der Waals surface area contributed by atoms with Gasteiger partial charge in [-0.2, -0.15) is 0 Å². The molecule has 10 heteroatoms. The molecular formula is C102H64N8S2. The summed E-state index contributed by atoms with van der Waals surface area (Å²) in [7, 11) is 0. The van der Waals surface area contributed by atoms with Crippen LogP contribution in [0.3, 0.4) is 0 Å². The lowest BCUT2D eigenvalue weighted by Gasteiger charge is -2.14. The van der Waals surface area contributed by atoms with Gasteiger partial charge in [-0.15, -0.1) is 22.7 Å². The minimum Gasteiger partial charge on any atom is -0.308 e. The number of hydrogen-bond donors (Lipinski definition) is 0. The average molecular weight is 1470 g/mol. The lowest BCUT2D eigenvalue weighted by Crippen LogP contribution is -2.03. The summed E-state index contributed by atoms with van der Waals surface area (Å²) in [6, 6.07) is 137. The molecule has 0 fully saturated rings. The lowest BCUT2D eigenvalue weighted by molar-refractivity contribution is 1.06. The van der Waals surface area contributed by atoms with E-state index >= 15 is 0 Å². The molecule has 0 atom stereocenters. The second kappa shape index (κ2) is 28.0. The highest BCUT2D eigenvalue weighted by molar-refractivity contribution is 7.27. The van der Waals surface area contributed by atoms with Crippen molar-refractivity contribution in [1.29, 1.82) is 0 Å². The number of nitrogens with zero attached hydrogens (tertiary/aromatic N) is 8. The Balaban J connectivity index is 0.000000141. The molecule has 22 rings (SSSR count). The Morgan fingerprint density at radius 3 is 0.982 bits per heavy atom. The molecule has 524 valence electrons. The third-order valence-corrected chi connectivity index (χ3v) is 23.8. The van der Waals surface area contributed by atoms with Crippen LogP contribution in [0.4, 0.5) is 0 Å². The first kappa shape index (κ1) is 65.8. The first-order valence-corrected chi connectivity index (χ1v) is 39.2. The van der Waals surface area contributed by atoms with E-state index in [1.807, 2.05) is 71.2 Å². The summed E-state index contributed by atoms with van der Waals surface area (Å²) in [4.78, 5) is 30.9. The smallest absolute Gasteiger partial charge is 0.166 e. The van der Waals surface area contributed by atoms with Crippen LogP contribution in [-0.4, -0.2) is 39.0 Å². The molecule has 22 aromatic rings. The average Bonchev–Trinajstić information content (AvgIpc) is 1.56. The number of benzene rings is 16. The summed E-state index contributed by atoms with van der Waals surface area (Å²) in [5.41, 5.74) is 21.8. The third kappa shape index (κ3) is 11.7. The summed E-state index contributed by atoms with van der Waals surface area (Å²) in [6.45, 7) is 0. The van der Waals surface area contributed by atoms with Gasteiger partial charge >= 0.3 is 0 Å². The van der Waals surface area contributed by atoms with Gasteiger partial charge < -0.3 is 9.13 Å². The maximum Gasteiger partial charge on any atom is 0.166 e. The topological polar surface area (TPSA) is 87.2 Å². The van der Waals surface area contributed by atoms with Crippen molar-refractivity contribution in [3.05, 3.63) is 388 Å². The molecule has 0 amide bonds. The van der Waals surface area contributed by atoms with Crippen LogP contribution in [0.2, 0.25) is 0 Å². The van der Waals surface area contributed by atoms with E-state index in [-0.39, 0.29) is 0 Å². The Bertz CT molecular complexity index is 7330. The molecule has 112 heavy (non-hydrogen) atoms. The van der Waals surface area contributed by atoms with Gasteiger partial charge in [-0.25, -0.2) is 29.9 Å². The zero-order valence-corrected chi connectivity index (χ0v) is 62.0. The van der Waals surface area contributed by atoms with E-state index in [2.05, 4.69) is 349 Å². The van der Waals surface area contributed by atoms with Crippen LogP contribution in [0, 0.1) is 0 Å². The van der Waals surface area contributed by atoms with Gasteiger partial charge in [0.25, 0.3) is 0 Å². The molecule has 0 aliphatic carbocycles. The van der Waals surface area contributed by atoms with Crippen molar-refractivity contribution in [3.63, 3.8) is 0 Å². The summed E-state index contributed by atoms with van der Waals surface area (Å²) >= 11 is 3.75. The van der Waals surface area contributed by atoms with Crippen molar-refractivity contribution in [2.24, 2.45) is 0 Å². The number of para-hydroxylation sites is 4. The highest BCUT2D eigenvalue weighted by atomic mass is 32.1. The fraction of sp³-hybridized carbons (Fsp3) is 0. The minimum atomic E-state index is 0.623. The Morgan fingerprint density at radius 2 is 0.509 bits per heavy atom. The van der Waals surface area contributed by atoms with Crippen molar-refractivity contribution in [3.8, 4) is 124 Å². The maximum absolute atomic E-state index is 5.22. The monoisotopic (exact) mass is 1460 g/mol. The lowest BCUT2D eigenvalue weighted by atomic mass is 9.99. The normalized spacial score (nSPS) is 11.6. The van der Waals surface area contributed by atoms with E-state index in [4.69, 9.17) is 29.9 Å². The van der Waals surface area contributed by atoms with Gasteiger partial charge in [0.2, 0.25) is 0 Å². The van der Waals surface area contributed by atoms with Crippen molar-refractivity contribution in [2.75, 3.05) is 0 Å². The minimum absolute atomic E-state index is 0.623.